The summed E-state index contributed by atoms with van der Waals surface area (Å²) in [4.78, 5) is 12.4. The summed E-state index contributed by atoms with van der Waals surface area (Å²) in [6.45, 7) is 11.6. The lowest BCUT2D eigenvalue weighted by Crippen LogP contribution is -2.31. The van der Waals surface area contributed by atoms with Crippen molar-refractivity contribution in [1.82, 2.24) is 4.57 Å². The van der Waals surface area contributed by atoms with E-state index in [9.17, 15) is 4.79 Å². The van der Waals surface area contributed by atoms with Gasteiger partial charge in [0.1, 0.15) is 0 Å². The molecule has 1 aromatic heterocycles. The van der Waals surface area contributed by atoms with Crippen LogP contribution in [0.2, 0.25) is 0 Å². The normalized spacial score (nSPS) is 12.2. The molecule has 2 nitrogen and oxygen atoms in total. The van der Waals surface area contributed by atoms with Gasteiger partial charge in [0.2, 0.25) is 0 Å². The second-order valence-electron chi connectivity index (χ2n) is 6.29. The SMILES string of the molecule is CC(C)CCn1c(C(C)(C)C)ccc(CS)c1=O. The maximum atomic E-state index is 12.4. The highest BCUT2D eigenvalue weighted by molar-refractivity contribution is 7.79. The van der Waals surface area contributed by atoms with Gasteiger partial charge in [-0.25, -0.2) is 0 Å². The maximum Gasteiger partial charge on any atom is 0.254 e. The fourth-order valence-corrected chi connectivity index (χ4v) is 2.25. The topological polar surface area (TPSA) is 22.0 Å². The Kier molecular flexibility index (Phi) is 5.09. The van der Waals surface area contributed by atoms with Crippen molar-refractivity contribution in [3.05, 3.63) is 33.7 Å². The van der Waals surface area contributed by atoms with Gasteiger partial charge in [-0.2, -0.15) is 12.6 Å². The predicted molar refractivity (Wildman–Crippen MR) is 81.5 cm³/mol. The van der Waals surface area contributed by atoms with Crippen LogP contribution in [0.25, 0.3) is 0 Å². The molecule has 102 valence electrons. The summed E-state index contributed by atoms with van der Waals surface area (Å²) < 4.78 is 1.94. The van der Waals surface area contributed by atoms with E-state index in [0.29, 0.717) is 11.7 Å². The molecule has 0 radical (unpaired) electrons. The molecule has 0 aliphatic heterocycles. The number of thiol groups is 1. The van der Waals surface area contributed by atoms with Crippen molar-refractivity contribution in [2.45, 2.75) is 58.8 Å². The Morgan fingerprint density at radius 3 is 2.33 bits per heavy atom. The van der Waals surface area contributed by atoms with Crippen molar-refractivity contribution >= 4 is 12.6 Å². The molecule has 0 aliphatic rings. The van der Waals surface area contributed by atoms with Crippen LogP contribution in [0.4, 0.5) is 0 Å². The van der Waals surface area contributed by atoms with Crippen LogP contribution in [-0.2, 0) is 17.7 Å². The molecule has 0 fully saturated rings. The van der Waals surface area contributed by atoms with Gasteiger partial charge >= 0.3 is 0 Å². The zero-order chi connectivity index (χ0) is 13.9. The number of hydrogen-bond donors (Lipinski definition) is 1. The number of nitrogens with zero attached hydrogens (tertiary/aromatic N) is 1. The van der Waals surface area contributed by atoms with Crippen molar-refractivity contribution in [2.24, 2.45) is 5.92 Å². The molecular formula is C15H25NOS. The minimum atomic E-state index is -0.00866. The summed E-state index contributed by atoms with van der Waals surface area (Å²) in [7, 11) is 0. The maximum absolute atomic E-state index is 12.4. The van der Waals surface area contributed by atoms with Gasteiger partial charge in [-0.05, 0) is 18.4 Å². The van der Waals surface area contributed by atoms with E-state index in [-0.39, 0.29) is 11.0 Å². The Labute approximate surface area is 116 Å². The lowest BCUT2D eigenvalue weighted by atomic mass is 9.90. The molecule has 3 heteroatoms. The highest BCUT2D eigenvalue weighted by Gasteiger charge is 2.19. The summed E-state index contributed by atoms with van der Waals surface area (Å²) in [6.07, 6.45) is 1.03. The van der Waals surface area contributed by atoms with Crippen LogP contribution >= 0.6 is 12.6 Å². The molecule has 18 heavy (non-hydrogen) atoms. The summed E-state index contributed by atoms with van der Waals surface area (Å²) in [5, 5.41) is 0. The summed E-state index contributed by atoms with van der Waals surface area (Å²) >= 11 is 4.23. The summed E-state index contributed by atoms with van der Waals surface area (Å²) in [5.74, 6) is 1.11. The molecule has 0 bridgehead atoms. The van der Waals surface area contributed by atoms with Gasteiger partial charge in [-0.3, -0.25) is 4.79 Å². The minimum Gasteiger partial charge on any atom is -0.312 e. The lowest BCUT2D eigenvalue weighted by molar-refractivity contribution is 0.454. The van der Waals surface area contributed by atoms with Crippen molar-refractivity contribution in [3.8, 4) is 0 Å². The molecule has 0 unspecified atom stereocenters. The van der Waals surface area contributed by atoms with Crippen LogP contribution in [0.5, 0.6) is 0 Å². The number of rotatable bonds is 4. The highest BCUT2D eigenvalue weighted by Crippen LogP contribution is 2.22. The zero-order valence-corrected chi connectivity index (χ0v) is 13.1. The quantitative estimate of drug-likeness (QED) is 0.827. The second kappa shape index (κ2) is 5.96. The number of aromatic nitrogens is 1. The predicted octanol–water partition coefficient (Wildman–Crippen LogP) is 3.62. The van der Waals surface area contributed by atoms with Gasteiger partial charge in [-0.1, -0.05) is 40.7 Å². The van der Waals surface area contributed by atoms with Crippen LogP contribution < -0.4 is 5.56 Å². The van der Waals surface area contributed by atoms with E-state index in [2.05, 4.69) is 53.3 Å². The molecule has 1 aromatic rings. The first-order chi connectivity index (χ1) is 8.27. The van der Waals surface area contributed by atoms with Gasteiger partial charge in [0.15, 0.2) is 0 Å². The van der Waals surface area contributed by atoms with E-state index in [1.165, 1.54) is 0 Å². The minimum absolute atomic E-state index is 0.00866. The van der Waals surface area contributed by atoms with E-state index < -0.39 is 0 Å². The average molecular weight is 267 g/mol. The molecule has 0 saturated carbocycles. The van der Waals surface area contributed by atoms with Crippen molar-refractivity contribution in [2.75, 3.05) is 0 Å². The Morgan fingerprint density at radius 2 is 1.89 bits per heavy atom. The molecular weight excluding hydrogens is 242 g/mol. The Bertz CT molecular complexity index is 455. The molecule has 0 N–H and O–H groups in total. The highest BCUT2D eigenvalue weighted by atomic mass is 32.1. The third-order valence-electron chi connectivity index (χ3n) is 3.12. The fraction of sp³-hybridized carbons (Fsp3) is 0.667. The summed E-state index contributed by atoms with van der Waals surface area (Å²) in [5.41, 5.74) is 2.01. The zero-order valence-electron chi connectivity index (χ0n) is 12.2. The van der Waals surface area contributed by atoms with Gasteiger partial charge in [0, 0.05) is 29.0 Å². The van der Waals surface area contributed by atoms with E-state index in [1.807, 2.05) is 10.6 Å². The van der Waals surface area contributed by atoms with E-state index in [1.54, 1.807) is 0 Å². The number of pyridine rings is 1. The van der Waals surface area contributed by atoms with E-state index in [0.717, 1.165) is 24.2 Å². The third kappa shape index (κ3) is 3.64. The molecule has 0 atom stereocenters. The van der Waals surface area contributed by atoms with Crippen molar-refractivity contribution in [3.63, 3.8) is 0 Å². The van der Waals surface area contributed by atoms with Gasteiger partial charge in [-0.15, -0.1) is 0 Å². The average Bonchev–Trinajstić information content (AvgIpc) is 2.25. The van der Waals surface area contributed by atoms with Crippen molar-refractivity contribution in [1.29, 1.82) is 0 Å². The first-order valence-corrected chi connectivity index (χ1v) is 7.24. The molecule has 0 spiro atoms. The molecule has 0 amide bonds. The van der Waals surface area contributed by atoms with Crippen molar-refractivity contribution < 1.29 is 0 Å². The summed E-state index contributed by atoms with van der Waals surface area (Å²) in [6, 6.07) is 4.00. The molecule has 0 aromatic carbocycles. The van der Waals surface area contributed by atoms with Crippen LogP contribution in [0.3, 0.4) is 0 Å². The van der Waals surface area contributed by atoms with E-state index >= 15 is 0 Å². The molecule has 0 aliphatic carbocycles. The van der Waals surface area contributed by atoms with Crippen LogP contribution in [0.15, 0.2) is 16.9 Å². The van der Waals surface area contributed by atoms with E-state index in [4.69, 9.17) is 0 Å². The fourth-order valence-electron chi connectivity index (χ4n) is 2.01. The Morgan fingerprint density at radius 1 is 1.28 bits per heavy atom. The van der Waals surface area contributed by atoms with Crippen LogP contribution in [0, 0.1) is 5.92 Å². The molecule has 0 saturated heterocycles. The largest absolute Gasteiger partial charge is 0.312 e. The van der Waals surface area contributed by atoms with Gasteiger partial charge in [0.05, 0.1) is 0 Å². The second-order valence-corrected chi connectivity index (χ2v) is 6.61. The first-order valence-electron chi connectivity index (χ1n) is 6.61. The van der Waals surface area contributed by atoms with Crippen LogP contribution in [0.1, 0.15) is 52.3 Å². The standard InChI is InChI=1S/C15H25NOS/c1-11(2)8-9-16-13(15(3,4)5)7-6-12(10-18)14(16)17/h6-7,11,18H,8-10H2,1-5H3. The molecule has 1 rings (SSSR count). The first kappa shape index (κ1) is 15.4. The Hall–Kier alpha value is -0.700. The van der Waals surface area contributed by atoms with Gasteiger partial charge < -0.3 is 4.57 Å². The van der Waals surface area contributed by atoms with Crippen LogP contribution in [-0.4, -0.2) is 4.57 Å². The number of hydrogen-bond acceptors (Lipinski definition) is 2. The van der Waals surface area contributed by atoms with Gasteiger partial charge in [0.25, 0.3) is 5.56 Å². The molecule has 1 heterocycles. The Balaban J connectivity index is 3.27. The lowest BCUT2D eigenvalue weighted by Gasteiger charge is -2.25. The smallest absolute Gasteiger partial charge is 0.254 e. The monoisotopic (exact) mass is 267 g/mol. The third-order valence-corrected chi connectivity index (χ3v) is 3.46.